The number of nitrogens with zero attached hydrogens (tertiary/aromatic N) is 1. The molecule has 0 aliphatic carbocycles. The molecule has 1 aromatic carbocycles. The van der Waals surface area contributed by atoms with Crippen LogP contribution in [-0.2, 0) is 0 Å². The van der Waals surface area contributed by atoms with Gasteiger partial charge >= 0.3 is 0 Å². The zero-order valence-corrected chi connectivity index (χ0v) is 12.5. The first-order valence-electron chi connectivity index (χ1n) is 6.72. The third-order valence-electron chi connectivity index (χ3n) is 3.29. The molecule has 3 heteroatoms. The van der Waals surface area contributed by atoms with Gasteiger partial charge in [-0.25, -0.2) is 0 Å². The van der Waals surface area contributed by atoms with Gasteiger partial charge in [0.1, 0.15) is 11.9 Å². The highest BCUT2D eigenvalue weighted by Gasteiger charge is 2.31. The lowest BCUT2D eigenvalue weighted by atomic mass is 9.84. The van der Waals surface area contributed by atoms with Crippen LogP contribution in [0.4, 0.5) is 0 Å². The summed E-state index contributed by atoms with van der Waals surface area (Å²) >= 11 is 0. The summed E-state index contributed by atoms with van der Waals surface area (Å²) in [6.07, 6.45) is 0.781. The van der Waals surface area contributed by atoms with E-state index >= 15 is 0 Å². The second kappa shape index (κ2) is 6.08. The van der Waals surface area contributed by atoms with Crippen LogP contribution in [0.3, 0.4) is 0 Å². The fourth-order valence-corrected chi connectivity index (χ4v) is 2.05. The molecule has 0 saturated heterocycles. The summed E-state index contributed by atoms with van der Waals surface area (Å²) in [6, 6.07) is 7.61. The topological polar surface area (TPSA) is 59.0 Å². The number of hydrogen-bond donors (Lipinski definition) is 1. The Kier molecular flexibility index (Phi) is 4.97. The van der Waals surface area contributed by atoms with Gasteiger partial charge in [-0.15, -0.1) is 0 Å². The molecule has 0 aromatic heterocycles. The maximum Gasteiger partial charge on any atom is 0.124 e. The van der Waals surface area contributed by atoms with Gasteiger partial charge in [0.05, 0.1) is 11.6 Å². The fraction of sp³-hybridized carbons (Fsp3) is 0.562. The monoisotopic (exact) mass is 260 g/mol. The Morgan fingerprint density at radius 2 is 2.00 bits per heavy atom. The maximum absolute atomic E-state index is 8.97. The van der Waals surface area contributed by atoms with Gasteiger partial charge < -0.3 is 10.5 Å². The van der Waals surface area contributed by atoms with Crippen LogP contribution in [0.25, 0.3) is 0 Å². The van der Waals surface area contributed by atoms with Crippen LogP contribution in [0.5, 0.6) is 5.75 Å². The molecule has 0 radical (unpaired) electrons. The summed E-state index contributed by atoms with van der Waals surface area (Å²) in [5, 5.41) is 8.97. The summed E-state index contributed by atoms with van der Waals surface area (Å²) < 4.78 is 6.13. The quantitative estimate of drug-likeness (QED) is 0.902. The van der Waals surface area contributed by atoms with Crippen molar-refractivity contribution in [3.05, 3.63) is 29.3 Å². The number of aryl methyl sites for hydroxylation is 1. The molecule has 3 nitrogen and oxygen atoms in total. The lowest BCUT2D eigenvalue weighted by Gasteiger charge is -2.35. The Labute approximate surface area is 116 Å². The molecule has 2 unspecified atom stereocenters. The summed E-state index contributed by atoms with van der Waals surface area (Å²) in [5.74, 6) is 0.753. The Morgan fingerprint density at radius 1 is 1.37 bits per heavy atom. The lowest BCUT2D eigenvalue weighted by molar-refractivity contribution is 0.0615. The summed E-state index contributed by atoms with van der Waals surface area (Å²) in [6.45, 7) is 10.4. The average molecular weight is 260 g/mol. The highest BCUT2D eigenvalue weighted by Crippen LogP contribution is 2.29. The van der Waals surface area contributed by atoms with Crippen molar-refractivity contribution in [1.29, 1.82) is 5.26 Å². The molecule has 0 aliphatic heterocycles. The highest BCUT2D eigenvalue weighted by molar-refractivity contribution is 5.42. The van der Waals surface area contributed by atoms with Crippen molar-refractivity contribution in [3.8, 4) is 11.8 Å². The van der Waals surface area contributed by atoms with E-state index < -0.39 is 0 Å². The van der Waals surface area contributed by atoms with Gasteiger partial charge in [0.2, 0.25) is 0 Å². The molecule has 0 aliphatic rings. The summed E-state index contributed by atoms with van der Waals surface area (Å²) in [7, 11) is 0. The van der Waals surface area contributed by atoms with Crippen molar-refractivity contribution in [2.45, 2.75) is 53.2 Å². The minimum atomic E-state index is -0.0786. The SMILES string of the molecule is CCC(N)C(Oc1cc(C#N)ccc1C)C(C)(C)C. The van der Waals surface area contributed by atoms with Gasteiger partial charge in [-0.2, -0.15) is 5.26 Å². The van der Waals surface area contributed by atoms with E-state index in [1.165, 1.54) is 0 Å². The van der Waals surface area contributed by atoms with Crippen LogP contribution in [0.1, 0.15) is 45.2 Å². The van der Waals surface area contributed by atoms with Crippen molar-refractivity contribution >= 4 is 0 Å². The largest absolute Gasteiger partial charge is 0.488 e. The molecule has 0 spiro atoms. The zero-order valence-electron chi connectivity index (χ0n) is 12.5. The normalized spacial score (nSPS) is 14.6. The predicted octanol–water partition coefficient (Wildman–Crippen LogP) is 3.40. The molecule has 19 heavy (non-hydrogen) atoms. The van der Waals surface area contributed by atoms with E-state index in [2.05, 4.69) is 33.8 Å². The molecular weight excluding hydrogens is 236 g/mol. The van der Waals surface area contributed by atoms with E-state index in [4.69, 9.17) is 15.7 Å². The molecule has 104 valence electrons. The molecule has 0 fully saturated rings. The number of nitrogens with two attached hydrogens (primary N) is 1. The zero-order chi connectivity index (χ0) is 14.6. The first-order valence-corrected chi connectivity index (χ1v) is 6.72. The lowest BCUT2D eigenvalue weighted by Crippen LogP contribution is -2.47. The van der Waals surface area contributed by atoms with Crippen LogP contribution < -0.4 is 10.5 Å². The van der Waals surface area contributed by atoms with E-state index in [0.29, 0.717) is 5.56 Å². The highest BCUT2D eigenvalue weighted by atomic mass is 16.5. The average Bonchev–Trinajstić information content (AvgIpc) is 2.35. The van der Waals surface area contributed by atoms with Crippen LogP contribution in [0, 0.1) is 23.7 Å². The van der Waals surface area contributed by atoms with E-state index in [0.717, 1.165) is 17.7 Å². The van der Waals surface area contributed by atoms with Gasteiger partial charge in [-0.3, -0.25) is 0 Å². The summed E-state index contributed by atoms with van der Waals surface area (Å²) in [5.41, 5.74) is 7.76. The van der Waals surface area contributed by atoms with Gasteiger partial charge in [0.25, 0.3) is 0 Å². The van der Waals surface area contributed by atoms with Crippen LogP contribution in [-0.4, -0.2) is 12.1 Å². The van der Waals surface area contributed by atoms with E-state index in [1.54, 1.807) is 12.1 Å². The third kappa shape index (κ3) is 3.97. The second-order valence-corrected chi connectivity index (χ2v) is 6.07. The van der Waals surface area contributed by atoms with Crippen molar-refractivity contribution in [1.82, 2.24) is 0 Å². The number of hydrogen-bond acceptors (Lipinski definition) is 3. The maximum atomic E-state index is 8.97. The van der Waals surface area contributed by atoms with Gasteiger partial charge in [-0.05, 0) is 31.0 Å². The molecule has 0 heterocycles. The first kappa shape index (κ1) is 15.5. The smallest absolute Gasteiger partial charge is 0.124 e. The molecule has 0 saturated carbocycles. The molecular formula is C16H24N2O. The Hall–Kier alpha value is -1.53. The van der Waals surface area contributed by atoms with Crippen molar-refractivity contribution in [3.63, 3.8) is 0 Å². The molecule has 1 aromatic rings. The number of rotatable bonds is 4. The van der Waals surface area contributed by atoms with Gasteiger partial charge in [-0.1, -0.05) is 33.8 Å². The van der Waals surface area contributed by atoms with Gasteiger partial charge in [0, 0.05) is 11.5 Å². The van der Waals surface area contributed by atoms with Crippen LogP contribution in [0.15, 0.2) is 18.2 Å². The van der Waals surface area contributed by atoms with Gasteiger partial charge in [0.15, 0.2) is 0 Å². The predicted molar refractivity (Wildman–Crippen MR) is 78.0 cm³/mol. The second-order valence-electron chi connectivity index (χ2n) is 6.07. The summed E-state index contributed by atoms with van der Waals surface area (Å²) in [4.78, 5) is 0. The standard InChI is InChI=1S/C16H24N2O/c1-6-13(18)15(16(3,4)5)19-14-9-12(10-17)8-7-11(14)2/h7-9,13,15H,6,18H2,1-5H3. The molecule has 0 bridgehead atoms. The van der Waals surface area contributed by atoms with E-state index in [9.17, 15) is 0 Å². The van der Waals surface area contributed by atoms with Crippen molar-refractivity contribution < 1.29 is 4.74 Å². The first-order chi connectivity index (χ1) is 8.79. The number of nitriles is 1. The van der Waals surface area contributed by atoms with E-state index in [1.807, 2.05) is 13.0 Å². The van der Waals surface area contributed by atoms with E-state index in [-0.39, 0.29) is 17.6 Å². The molecule has 0 amide bonds. The number of benzene rings is 1. The van der Waals surface area contributed by atoms with Crippen LogP contribution in [0.2, 0.25) is 0 Å². The number of ether oxygens (including phenoxy) is 1. The molecule has 1 rings (SSSR count). The molecule has 2 N–H and O–H groups in total. The third-order valence-corrected chi connectivity index (χ3v) is 3.29. The van der Waals surface area contributed by atoms with Crippen LogP contribution >= 0.6 is 0 Å². The minimum Gasteiger partial charge on any atom is -0.488 e. The van der Waals surface area contributed by atoms with Crippen molar-refractivity contribution in [2.75, 3.05) is 0 Å². The van der Waals surface area contributed by atoms with Crippen molar-refractivity contribution in [2.24, 2.45) is 11.1 Å². The fourth-order valence-electron chi connectivity index (χ4n) is 2.05. The molecule has 2 atom stereocenters. The minimum absolute atomic E-state index is 0.0230. The Morgan fingerprint density at radius 3 is 2.47 bits per heavy atom. The Balaban J connectivity index is 3.07. The Bertz CT molecular complexity index is 469.